The van der Waals surface area contributed by atoms with Crippen LogP contribution in [0.3, 0.4) is 0 Å². The first-order chi connectivity index (χ1) is 10.8. The quantitative estimate of drug-likeness (QED) is 0.615. The smallest absolute Gasteiger partial charge is 0.448 e. The molecule has 0 fully saturated rings. The van der Waals surface area contributed by atoms with Crippen molar-refractivity contribution in [2.24, 2.45) is 10.7 Å². The van der Waals surface area contributed by atoms with Crippen molar-refractivity contribution in [2.45, 2.75) is 25.7 Å². The van der Waals surface area contributed by atoms with Gasteiger partial charge in [-0.05, 0) is 54.7 Å². The number of allylic oxidation sites excluding steroid dienone is 3. The molecule has 1 aromatic carbocycles. The van der Waals surface area contributed by atoms with Gasteiger partial charge in [-0.2, -0.15) is 4.76 Å². The number of hydrogen-bond donors (Lipinski definition) is 4. The minimum Gasteiger partial charge on any atom is -0.508 e. The van der Waals surface area contributed by atoms with E-state index in [-0.39, 0.29) is 23.1 Å². The number of phenols is 1. The summed E-state index contributed by atoms with van der Waals surface area (Å²) in [7, 11) is -4.54. The Morgan fingerprint density at radius 1 is 1.26 bits per heavy atom. The molecular formula is C16H20NO5P. The van der Waals surface area contributed by atoms with E-state index in [1.54, 1.807) is 24.3 Å². The van der Waals surface area contributed by atoms with Crippen LogP contribution in [-0.4, -0.2) is 25.7 Å². The first kappa shape index (κ1) is 17.5. The van der Waals surface area contributed by atoms with E-state index in [2.05, 4.69) is 4.76 Å². The fourth-order valence-corrected chi connectivity index (χ4v) is 3.23. The van der Waals surface area contributed by atoms with Crippen molar-refractivity contribution in [1.82, 2.24) is 0 Å². The van der Waals surface area contributed by atoms with Gasteiger partial charge in [0.15, 0.2) is 0 Å². The zero-order chi connectivity index (χ0) is 17.0. The molecule has 1 aliphatic carbocycles. The maximum Gasteiger partial charge on any atom is 0.448 e. The topological polar surface area (TPSA) is 110 Å². The number of aliphatic hydroxyl groups is 1. The molecule has 0 saturated carbocycles. The van der Waals surface area contributed by atoms with Crippen LogP contribution in [-0.2, 0) is 4.57 Å². The third kappa shape index (κ3) is 5.06. The first-order valence-electron chi connectivity index (χ1n) is 7.32. The molecule has 0 spiro atoms. The van der Waals surface area contributed by atoms with Gasteiger partial charge in [-0.15, -0.1) is 0 Å². The van der Waals surface area contributed by atoms with E-state index >= 15 is 0 Å². The van der Waals surface area contributed by atoms with E-state index in [1.807, 2.05) is 13.0 Å². The van der Waals surface area contributed by atoms with E-state index in [9.17, 15) is 14.8 Å². The molecule has 0 amide bonds. The second kappa shape index (κ2) is 7.13. The number of rotatable bonds is 5. The molecule has 0 aliphatic heterocycles. The number of aromatic hydroxyl groups is 1. The van der Waals surface area contributed by atoms with Crippen LogP contribution in [0, 0.1) is 5.92 Å². The summed E-state index contributed by atoms with van der Waals surface area (Å²) in [5.41, 5.74) is 1.18. The predicted octanol–water partition coefficient (Wildman–Crippen LogP) is 3.44. The molecule has 2 atom stereocenters. The lowest BCUT2D eigenvalue weighted by Crippen LogP contribution is -2.17. The van der Waals surface area contributed by atoms with Gasteiger partial charge in [0.25, 0.3) is 0 Å². The fraction of sp³-hybridized carbons (Fsp3) is 0.312. The van der Waals surface area contributed by atoms with Crippen molar-refractivity contribution >= 4 is 13.5 Å². The van der Waals surface area contributed by atoms with E-state index in [4.69, 9.17) is 9.79 Å². The Labute approximate surface area is 134 Å². The van der Waals surface area contributed by atoms with Gasteiger partial charge >= 0.3 is 7.75 Å². The SMILES string of the molecule is CCC(CC1C=C(O)C=C/C1=N\P(=O)(O)O)c1cccc(O)c1. The highest BCUT2D eigenvalue weighted by atomic mass is 31.2. The average molecular weight is 337 g/mol. The van der Waals surface area contributed by atoms with E-state index in [0.29, 0.717) is 6.42 Å². The van der Waals surface area contributed by atoms with Gasteiger partial charge in [-0.25, -0.2) is 4.57 Å². The van der Waals surface area contributed by atoms with Gasteiger partial charge in [0.05, 0.1) is 5.71 Å². The summed E-state index contributed by atoms with van der Waals surface area (Å²) in [6, 6.07) is 6.92. The molecule has 124 valence electrons. The molecule has 0 bridgehead atoms. The summed E-state index contributed by atoms with van der Waals surface area (Å²) in [6.07, 6.45) is 5.63. The summed E-state index contributed by atoms with van der Waals surface area (Å²) in [4.78, 5) is 18.1. The van der Waals surface area contributed by atoms with Gasteiger partial charge in [-0.1, -0.05) is 19.1 Å². The van der Waals surface area contributed by atoms with Crippen molar-refractivity contribution in [2.75, 3.05) is 0 Å². The molecule has 2 rings (SSSR count). The summed E-state index contributed by atoms with van der Waals surface area (Å²) >= 11 is 0. The van der Waals surface area contributed by atoms with Crippen molar-refractivity contribution in [3.8, 4) is 5.75 Å². The largest absolute Gasteiger partial charge is 0.508 e. The van der Waals surface area contributed by atoms with Crippen molar-refractivity contribution in [1.29, 1.82) is 0 Å². The van der Waals surface area contributed by atoms with Crippen LogP contribution < -0.4 is 0 Å². The molecule has 4 N–H and O–H groups in total. The monoisotopic (exact) mass is 337 g/mol. The van der Waals surface area contributed by atoms with Crippen molar-refractivity contribution in [3.63, 3.8) is 0 Å². The van der Waals surface area contributed by atoms with Crippen molar-refractivity contribution < 1.29 is 24.6 Å². The molecule has 1 aromatic rings. The molecule has 7 heteroatoms. The van der Waals surface area contributed by atoms with Crippen LogP contribution in [0.25, 0.3) is 0 Å². The second-order valence-electron chi connectivity index (χ2n) is 5.51. The molecule has 0 saturated heterocycles. The Balaban J connectivity index is 2.28. The van der Waals surface area contributed by atoms with E-state index in [1.165, 1.54) is 12.2 Å². The van der Waals surface area contributed by atoms with Gasteiger partial charge < -0.3 is 20.0 Å². The molecule has 2 unspecified atom stereocenters. The van der Waals surface area contributed by atoms with Crippen LogP contribution in [0.15, 0.2) is 53.0 Å². The summed E-state index contributed by atoms with van der Waals surface area (Å²) < 4.78 is 14.6. The zero-order valence-electron chi connectivity index (χ0n) is 12.7. The van der Waals surface area contributed by atoms with E-state index < -0.39 is 13.7 Å². The maximum absolute atomic E-state index is 11.2. The number of phenolic OH excluding ortho intramolecular Hbond substituents is 1. The highest BCUT2D eigenvalue weighted by Gasteiger charge is 2.24. The standard InChI is InChI=1S/C16H20NO5P/c1-2-11(12-4-3-5-14(18)9-12)8-13-10-15(19)6-7-16(13)17-23(20,21)22/h3-7,9-11,13,18-19H,2,8H2,1H3,(H2,20,21,22)/b17-16+. The van der Waals surface area contributed by atoms with Gasteiger partial charge in [0.2, 0.25) is 0 Å². The van der Waals surface area contributed by atoms with Crippen LogP contribution in [0.4, 0.5) is 0 Å². The Hall–Kier alpha value is -1.88. The van der Waals surface area contributed by atoms with Crippen LogP contribution in [0.2, 0.25) is 0 Å². The van der Waals surface area contributed by atoms with Crippen LogP contribution in [0.1, 0.15) is 31.2 Å². The average Bonchev–Trinajstić information content (AvgIpc) is 2.46. The minimum atomic E-state index is -4.54. The molecule has 0 heterocycles. The number of hydrogen-bond acceptors (Lipinski definition) is 3. The normalized spacial score (nSPS) is 21.3. The molecular weight excluding hydrogens is 317 g/mol. The van der Waals surface area contributed by atoms with Crippen LogP contribution >= 0.6 is 7.75 Å². The molecule has 1 aliphatic rings. The Morgan fingerprint density at radius 3 is 2.61 bits per heavy atom. The summed E-state index contributed by atoms with van der Waals surface area (Å²) in [5, 5.41) is 19.3. The van der Waals surface area contributed by atoms with Crippen molar-refractivity contribution in [3.05, 3.63) is 53.8 Å². The Kier molecular flexibility index (Phi) is 5.42. The highest BCUT2D eigenvalue weighted by molar-refractivity contribution is 7.50. The predicted molar refractivity (Wildman–Crippen MR) is 88.6 cm³/mol. The molecule has 0 aromatic heterocycles. The summed E-state index contributed by atoms with van der Waals surface area (Å²) in [5.74, 6) is -0.123. The lowest BCUT2D eigenvalue weighted by molar-refractivity contribution is 0.374. The summed E-state index contributed by atoms with van der Waals surface area (Å²) in [6.45, 7) is 2.00. The van der Waals surface area contributed by atoms with E-state index in [0.717, 1.165) is 12.0 Å². The van der Waals surface area contributed by atoms with Gasteiger partial charge in [-0.3, -0.25) is 0 Å². The van der Waals surface area contributed by atoms with Crippen LogP contribution in [0.5, 0.6) is 5.75 Å². The minimum absolute atomic E-state index is 0.0467. The third-order valence-electron chi connectivity index (χ3n) is 3.80. The lowest BCUT2D eigenvalue weighted by Gasteiger charge is -2.23. The zero-order valence-corrected chi connectivity index (χ0v) is 13.6. The number of nitrogens with zero attached hydrogens (tertiary/aromatic N) is 1. The third-order valence-corrected chi connectivity index (χ3v) is 4.29. The fourth-order valence-electron chi connectivity index (χ4n) is 2.71. The first-order valence-corrected chi connectivity index (χ1v) is 8.88. The number of benzene rings is 1. The highest BCUT2D eigenvalue weighted by Crippen LogP contribution is 2.39. The van der Waals surface area contributed by atoms with Gasteiger partial charge in [0, 0.05) is 5.92 Å². The molecule has 6 nitrogen and oxygen atoms in total. The maximum atomic E-state index is 11.2. The number of aliphatic hydroxyl groups excluding tert-OH is 1. The molecule has 0 radical (unpaired) electrons. The lowest BCUT2D eigenvalue weighted by atomic mass is 9.83. The second-order valence-corrected chi connectivity index (χ2v) is 6.73. The Bertz CT molecular complexity index is 704. The Morgan fingerprint density at radius 2 is 2.00 bits per heavy atom. The molecule has 23 heavy (non-hydrogen) atoms. The van der Waals surface area contributed by atoms with Gasteiger partial charge in [0.1, 0.15) is 11.5 Å².